The highest BCUT2D eigenvalue weighted by atomic mass is 14.2. The quantitative estimate of drug-likeness (QED) is 0.305. The van der Waals surface area contributed by atoms with E-state index in [4.69, 9.17) is 0 Å². The van der Waals surface area contributed by atoms with E-state index in [9.17, 15) is 0 Å². The molecule has 0 saturated heterocycles. The summed E-state index contributed by atoms with van der Waals surface area (Å²) in [6.07, 6.45) is 3.54. The van der Waals surface area contributed by atoms with Crippen molar-refractivity contribution in [2.75, 3.05) is 0 Å². The minimum atomic E-state index is 0.580. The lowest BCUT2D eigenvalue weighted by molar-refractivity contribution is 0.610. The third kappa shape index (κ3) is 4.84. The smallest absolute Gasteiger partial charge is 0.0122 e. The molecule has 4 aromatic rings. The Morgan fingerprint density at radius 2 is 0.966 bits per heavy atom. The van der Waals surface area contributed by atoms with Crippen LogP contribution in [0.3, 0.4) is 0 Å². The first-order valence-electron chi connectivity index (χ1n) is 10.6. The van der Waals surface area contributed by atoms with Crippen LogP contribution in [0.15, 0.2) is 109 Å². The number of rotatable bonds is 7. The summed E-state index contributed by atoms with van der Waals surface area (Å²) < 4.78 is 0. The molecule has 4 aromatic carbocycles. The first kappa shape index (κ1) is 19.2. The molecule has 0 heteroatoms. The second-order valence-corrected chi connectivity index (χ2v) is 7.74. The van der Waals surface area contributed by atoms with Gasteiger partial charge in [-0.1, -0.05) is 123 Å². The average molecular weight is 377 g/mol. The van der Waals surface area contributed by atoms with Gasteiger partial charge in [-0.15, -0.1) is 0 Å². The zero-order valence-corrected chi connectivity index (χ0v) is 17.1. The highest BCUT2D eigenvalue weighted by Gasteiger charge is 2.12. The molecular weight excluding hydrogens is 348 g/mol. The molecule has 0 heterocycles. The Kier molecular flexibility index (Phi) is 6.22. The SMILES string of the molecule is CCCC(Cc1ccccc1)c1ccc(-c2ccc(-c3ccccc3)cc2)cc1. The predicted molar refractivity (Wildman–Crippen MR) is 125 cm³/mol. The lowest BCUT2D eigenvalue weighted by Gasteiger charge is -2.17. The first-order chi connectivity index (χ1) is 14.3. The molecule has 0 radical (unpaired) electrons. The van der Waals surface area contributed by atoms with Crippen LogP contribution >= 0.6 is 0 Å². The first-order valence-corrected chi connectivity index (χ1v) is 10.6. The number of benzene rings is 4. The van der Waals surface area contributed by atoms with Gasteiger partial charge in [-0.25, -0.2) is 0 Å². The van der Waals surface area contributed by atoms with Crippen LogP contribution in [0.1, 0.15) is 36.8 Å². The molecule has 0 aliphatic heterocycles. The average Bonchev–Trinajstić information content (AvgIpc) is 2.80. The molecule has 0 aliphatic carbocycles. The third-order valence-corrected chi connectivity index (χ3v) is 5.67. The van der Waals surface area contributed by atoms with Crippen LogP contribution in [0.4, 0.5) is 0 Å². The maximum absolute atomic E-state index is 2.32. The van der Waals surface area contributed by atoms with Crippen molar-refractivity contribution >= 4 is 0 Å². The van der Waals surface area contributed by atoms with E-state index in [0.29, 0.717) is 5.92 Å². The molecule has 0 aromatic heterocycles. The van der Waals surface area contributed by atoms with E-state index in [0.717, 1.165) is 6.42 Å². The van der Waals surface area contributed by atoms with Crippen LogP contribution in [0.5, 0.6) is 0 Å². The van der Waals surface area contributed by atoms with E-state index >= 15 is 0 Å². The summed E-state index contributed by atoms with van der Waals surface area (Å²) in [5, 5.41) is 0. The predicted octanol–water partition coefficient (Wildman–Crippen LogP) is 8.15. The van der Waals surface area contributed by atoms with Gasteiger partial charge in [0.05, 0.1) is 0 Å². The van der Waals surface area contributed by atoms with Crippen LogP contribution in [0.2, 0.25) is 0 Å². The summed E-state index contributed by atoms with van der Waals surface area (Å²) in [5.41, 5.74) is 7.94. The van der Waals surface area contributed by atoms with Crippen molar-refractivity contribution in [2.24, 2.45) is 0 Å². The van der Waals surface area contributed by atoms with Crippen molar-refractivity contribution < 1.29 is 0 Å². The molecular formula is C29H28. The molecule has 0 aliphatic rings. The maximum Gasteiger partial charge on any atom is -0.0122 e. The second-order valence-electron chi connectivity index (χ2n) is 7.74. The van der Waals surface area contributed by atoms with E-state index in [2.05, 4.69) is 116 Å². The molecule has 1 atom stereocenters. The zero-order valence-electron chi connectivity index (χ0n) is 17.1. The topological polar surface area (TPSA) is 0 Å². The summed E-state index contributed by atoms with van der Waals surface area (Å²) >= 11 is 0. The van der Waals surface area contributed by atoms with E-state index in [1.807, 2.05) is 0 Å². The zero-order chi connectivity index (χ0) is 19.9. The van der Waals surface area contributed by atoms with Crippen LogP contribution in [0.25, 0.3) is 22.3 Å². The maximum atomic E-state index is 2.32. The lowest BCUT2D eigenvalue weighted by atomic mass is 9.87. The highest BCUT2D eigenvalue weighted by molar-refractivity contribution is 5.70. The molecule has 0 saturated carbocycles. The molecule has 0 spiro atoms. The molecule has 144 valence electrons. The van der Waals surface area contributed by atoms with Crippen molar-refractivity contribution in [3.8, 4) is 22.3 Å². The van der Waals surface area contributed by atoms with Crippen molar-refractivity contribution in [1.82, 2.24) is 0 Å². The van der Waals surface area contributed by atoms with E-state index in [-0.39, 0.29) is 0 Å². The Bertz CT molecular complexity index is 997. The van der Waals surface area contributed by atoms with Gasteiger partial charge in [-0.3, -0.25) is 0 Å². The highest BCUT2D eigenvalue weighted by Crippen LogP contribution is 2.29. The van der Waals surface area contributed by atoms with Gasteiger partial charge in [-0.2, -0.15) is 0 Å². The second kappa shape index (κ2) is 9.39. The molecule has 0 fully saturated rings. The number of hydrogen-bond donors (Lipinski definition) is 0. The summed E-state index contributed by atoms with van der Waals surface area (Å²) in [5.74, 6) is 0.580. The van der Waals surface area contributed by atoms with Crippen LogP contribution < -0.4 is 0 Å². The van der Waals surface area contributed by atoms with Gasteiger partial charge in [-0.05, 0) is 52.1 Å². The molecule has 0 amide bonds. The Labute approximate surface area is 174 Å². The minimum absolute atomic E-state index is 0.580. The Morgan fingerprint density at radius 3 is 1.48 bits per heavy atom. The fourth-order valence-corrected chi connectivity index (χ4v) is 4.07. The number of hydrogen-bond acceptors (Lipinski definition) is 0. The molecule has 4 rings (SSSR count). The fourth-order valence-electron chi connectivity index (χ4n) is 4.07. The van der Waals surface area contributed by atoms with Crippen molar-refractivity contribution in [3.05, 3.63) is 120 Å². The van der Waals surface area contributed by atoms with Crippen LogP contribution in [0, 0.1) is 0 Å². The minimum Gasteiger partial charge on any atom is -0.0654 e. The van der Waals surface area contributed by atoms with Gasteiger partial charge in [0, 0.05) is 0 Å². The van der Waals surface area contributed by atoms with Gasteiger partial charge in [0.25, 0.3) is 0 Å². The summed E-state index contributed by atoms with van der Waals surface area (Å²) in [6.45, 7) is 2.28. The fraction of sp³-hybridized carbons (Fsp3) is 0.172. The van der Waals surface area contributed by atoms with Gasteiger partial charge in [0.2, 0.25) is 0 Å². The molecule has 1 unspecified atom stereocenters. The Balaban J connectivity index is 1.52. The summed E-state index contributed by atoms with van der Waals surface area (Å²) in [7, 11) is 0. The van der Waals surface area contributed by atoms with Crippen molar-refractivity contribution in [3.63, 3.8) is 0 Å². The van der Waals surface area contributed by atoms with Crippen molar-refractivity contribution in [1.29, 1.82) is 0 Å². The molecule has 0 bridgehead atoms. The Hall–Kier alpha value is -3.12. The summed E-state index contributed by atoms with van der Waals surface area (Å²) in [4.78, 5) is 0. The monoisotopic (exact) mass is 376 g/mol. The van der Waals surface area contributed by atoms with E-state index in [1.165, 1.54) is 46.2 Å². The van der Waals surface area contributed by atoms with E-state index < -0.39 is 0 Å². The van der Waals surface area contributed by atoms with Crippen LogP contribution in [-0.2, 0) is 6.42 Å². The molecule has 0 N–H and O–H groups in total. The van der Waals surface area contributed by atoms with Crippen LogP contribution in [-0.4, -0.2) is 0 Å². The van der Waals surface area contributed by atoms with Gasteiger partial charge in [0.1, 0.15) is 0 Å². The van der Waals surface area contributed by atoms with Gasteiger partial charge in [0.15, 0.2) is 0 Å². The van der Waals surface area contributed by atoms with Gasteiger partial charge >= 0.3 is 0 Å². The van der Waals surface area contributed by atoms with E-state index in [1.54, 1.807) is 0 Å². The van der Waals surface area contributed by atoms with Crippen molar-refractivity contribution in [2.45, 2.75) is 32.1 Å². The lowest BCUT2D eigenvalue weighted by Crippen LogP contribution is -2.03. The summed E-state index contributed by atoms with van der Waals surface area (Å²) in [6, 6.07) is 39.5. The third-order valence-electron chi connectivity index (χ3n) is 5.67. The largest absolute Gasteiger partial charge is 0.0654 e. The normalized spacial score (nSPS) is 11.9. The standard InChI is InChI=1S/C29H28/c1-2-9-29(22-23-10-5-3-6-11-23)28-20-18-27(19-21-28)26-16-14-25(15-17-26)24-12-7-4-8-13-24/h3-8,10-21,29H,2,9,22H2,1H3. The molecule has 0 nitrogen and oxygen atoms in total. The Morgan fingerprint density at radius 1 is 0.517 bits per heavy atom. The van der Waals surface area contributed by atoms with Gasteiger partial charge < -0.3 is 0 Å². The molecule has 29 heavy (non-hydrogen) atoms.